The van der Waals surface area contributed by atoms with Crippen molar-refractivity contribution >= 4 is 80.7 Å². The Kier molecular flexibility index (Phi) is 9.88. The molecule has 13 heteroatoms. The maximum atomic E-state index is 13.6. The Hall–Kier alpha value is -3.41. The van der Waals surface area contributed by atoms with E-state index in [2.05, 4.69) is 15.3 Å². The molecule has 0 aromatic heterocycles. The second-order valence-corrected chi connectivity index (χ2v) is 11.5. The van der Waals surface area contributed by atoms with E-state index >= 15 is 0 Å². The molecule has 0 saturated carbocycles. The highest BCUT2D eigenvalue weighted by Crippen LogP contribution is 2.45. The van der Waals surface area contributed by atoms with E-state index in [-0.39, 0.29) is 61.3 Å². The summed E-state index contributed by atoms with van der Waals surface area (Å²) < 4.78 is 0. The fraction of sp³-hybridized carbons (Fsp3) is 0.333. The molecule has 1 aliphatic heterocycles. The molecule has 0 unspecified atom stereocenters. The molecule has 43 heavy (non-hydrogen) atoms. The average molecular weight is 648 g/mol. The number of aliphatic hydroxyl groups excluding tert-OH is 1. The molecule has 4 rings (SSSR count). The van der Waals surface area contributed by atoms with Crippen LogP contribution in [0.15, 0.2) is 52.3 Å². The Labute approximate surface area is 265 Å². The number of aliphatic hydroxyl groups is 1. The number of halogens is 3. The number of anilines is 3. The third-order valence-electron chi connectivity index (χ3n) is 7.41. The first kappa shape index (κ1) is 32.5. The van der Waals surface area contributed by atoms with Crippen LogP contribution in [0.5, 0.6) is 0 Å². The molecule has 1 aliphatic carbocycles. The van der Waals surface area contributed by atoms with Gasteiger partial charge in [0, 0.05) is 63.5 Å². The Morgan fingerprint density at radius 3 is 2.16 bits per heavy atom. The van der Waals surface area contributed by atoms with Crippen molar-refractivity contribution in [2.75, 3.05) is 56.0 Å². The van der Waals surface area contributed by atoms with Crippen LogP contribution in [0.25, 0.3) is 5.57 Å². The summed E-state index contributed by atoms with van der Waals surface area (Å²) in [5.74, 6) is -1.84. The summed E-state index contributed by atoms with van der Waals surface area (Å²) in [5, 5.41) is 23.7. The second kappa shape index (κ2) is 13.1. The molecule has 228 valence electrons. The SMILES string of the molecule is CCN(CC)c1ccc(C2=C(O)/C(=C3\C(=O)N(c4c(Cl)cc(Cl)cc4Cl)N=C3C)C2=O)c(NC(=O)CCN(C)N(C)C)c1. The molecule has 0 bridgehead atoms. The minimum Gasteiger partial charge on any atom is -0.506 e. The topological polar surface area (TPSA) is 109 Å². The molecular formula is C30H33Cl3N6O4. The lowest BCUT2D eigenvalue weighted by molar-refractivity contribution is -0.117. The van der Waals surface area contributed by atoms with Gasteiger partial charge in [0.05, 0.1) is 38.2 Å². The van der Waals surface area contributed by atoms with Gasteiger partial charge >= 0.3 is 0 Å². The molecular weight excluding hydrogens is 615 g/mol. The monoisotopic (exact) mass is 646 g/mol. The van der Waals surface area contributed by atoms with Crippen LogP contribution in [-0.2, 0) is 14.4 Å². The van der Waals surface area contributed by atoms with Crippen molar-refractivity contribution in [2.24, 2.45) is 5.10 Å². The number of Topliss-reactive ketones (excluding diaryl/α,β-unsaturated/α-hetero) is 1. The van der Waals surface area contributed by atoms with Gasteiger partial charge in [0.1, 0.15) is 11.4 Å². The molecule has 0 atom stereocenters. The van der Waals surface area contributed by atoms with Crippen molar-refractivity contribution in [2.45, 2.75) is 27.2 Å². The third-order valence-corrected chi connectivity index (χ3v) is 8.20. The molecule has 0 spiro atoms. The average Bonchev–Trinajstić information content (AvgIpc) is 3.21. The number of allylic oxidation sites excluding steroid dienone is 2. The van der Waals surface area contributed by atoms with Gasteiger partial charge in [0.25, 0.3) is 5.91 Å². The Morgan fingerprint density at radius 2 is 1.60 bits per heavy atom. The predicted molar refractivity (Wildman–Crippen MR) is 173 cm³/mol. The van der Waals surface area contributed by atoms with E-state index in [0.717, 1.165) is 23.8 Å². The number of ketones is 1. The zero-order valence-corrected chi connectivity index (χ0v) is 27.0. The van der Waals surface area contributed by atoms with Gasteiger partial charge in [-0.25, -0.2) is 10.0 Å². The summed E-state index contributed by atoms with van der Waals surface area (Å²) in [5.41, 5.74) is 1.66. The first-order chi connectivity index (χ1) is 20.3. The first-order valence-corrected chi connectivity index (χ1v) is 14.8. The summed E-state index contributed by atoms with van der Waals surface area (Å²) >= 11 is 18.6. The number of carbonyl (C=O) groups is 3. The first-order valence-electron chi connectivity index (χ1n) is 13.6. The van der Waals surface area contributed by atoms with E-state index < -0.39 is 11.7 Å². The summed E-state index contributed by atoms with van der Waals surface area (Å²) in [4.78, 5) is 42.2. The van der Waals surface area contributed by atoms with E-state index in [1.165, 1.54) is 12.1 Å². The van der Waals surface area contributed by atoms with Crippen LogP contribution in [0.2, 0.25) is 15.1 Å². The highest BCUT2D eigenvalue weighted by molar-refractivity contribution is 6.47. The van der Waals surface area contributed by atoms with Gasteiger partial charge in [0.15, 0.2) is 0 Å². The summed E-state index contributed by atoms with van der Waals surface area (Å²) in [6, 6.07) is 8.16. The van der Waals surface area contributed by atoms with Crippen LogP contribution in [0.1, 0.15) is 32.8 Å². The van der Waals surface area contributed by atoms with E-state index in [1.54, 1.807) is 19.1 Å². The van der Waals surface area contributed by atoms with Crippen molar-refractivity contribution in [1.29, 1.82) is 0 Å². The van der Waals surface area contributed by atoms with Crippen LogP contribution >= 0.6 is 34.8 Å². The van der Waals surface area contributed by atoms with Crippen LogP contribution in [-0.4, -0.2) is 79.2 Å². The van der Waals surface area contributed by atoms with Crippen molar-refractivity contribution in [3.8, 4) is 0 Å². The quantitative estimate of drug-likeness (QED) is 0.248. The number of rotatable bonds is 10. The number of carbonyl (C=O) groups excluding carboxylic acids is 3. The highest BCUT2D eigenvalue weighted by Gasteiger charge is 2.44. The van der Waals surface area contributed by atoms with Gasteiger partial charge in [-0.2, -0.15) is 10.1 Å². The van der Waals surface area contributed by atoms with Gasteiger partial charge in [-0.15, -0.1) is 0 Å². The van der Waals surface area contributed by atoms with Crippen molar-refractivity contribution in [1.82, 2.24) is 10.0 Å². The maximum absolute atomic E-state index is 13.6. The lowest BCUT2D eigenvalue weighted by Crippen LogP contribution is -2.35. The molecule has 2 aromatic rings. The maximum Gasteiger partial charge on any atom is 0.281 e. The predicted octanol–water partition coefficient (Wildman–Crippen LogP) is 5.80. The van der Waals surface area contributed by atoms with Gasteiger partial charge < -0.3 is 15.3 Å². The summed E-state index contributed by atoms with van der Waals surface area (Å²) in [6.45, 7) is 7.53. The Bertz CT molecular complexity index is 1570. The van der Waals surface area contributed by atoms with Gasteiger partial charge in [-0.3, -0.25) is 14.4 Å². The number of hydrogen-bond donors (Lipinski definition) is 2. The highest BCUT2D eigenvalue weighted by atomic mass is 35.5. The van der Waals surface area contributed by atoms with Crippen LogP contribution in [0.3, 0.4) is 0 Å². The number of benzene rings is 2. The van der Waals surface area contributed by atoms with Crippen molar-refractivity contribution in [3.63, 3.8) is 0 Å². The molecule has 2 amide bonds. The third kappa shape index (κ3) is 6.30. The smallest absolute Gasteiger partial charge is 0.281 e. The number of hydrogen-bond acceptors (Lipinski definition) is 8. The van der Waals surface area contributed by atoms with Crippen molar-refractivity contribution < 1.29 is 19.5 Å². The molecule has 2 aromatic carbocycles. The largest absolute Gasteiger partial charge is 0.506 e. The standard InChI is InChI=1S/C30H33Cl3N6O4/c1-7-38(8-2)18-9-10-19(22(15-18)34-23(40)11-12-37(6)36(4)5)25-28(41)26(29(25)42)24-16(3)35-39(30(24)43)27-20(32)13-17(31)14-21(27)33/h9-10,13-15,41H,7-8,11-12H2,1-6H3,(H,34,40)/b26-24+. The van der Waals surface area contributed by atoms with Crippen LogP contribution < -0.4 is 15.2 Å². The van der Waals surface area contributed by atoms with Crippen molar-refractivity contribution in [3.05, 3.63) is 67.9 Å². The molecule has 1 heterocycles. The van der Waals surface area contributed by atoms with E-state index in [9.17, 15) is 19.5 Å². The minimum absolute atomic E-state index is 0.00378. The summed E-state index contributed by atoms with van der Waals surface area (Å²) in [6.07, 6.45) is 0.202. The number of hydrazone groups is 1. The molecule has 2 N–H and O–H groups in total. The second-order valence-electron chi connectivity index (χ2n) is 10.3. The number of hydrazine groups is 1. The Morgan fingerprint density at radius 1 is 0.977 bits per heavy atom. The fourth-order valence-electron chi connectivity index (χ4n) is 4.88. The number of nitrogens with one attached hydrogen (secondary N) is 1. The van der Waals surface area contributed by atoms with Gasteiger partial charge in [0.2, 0.25) is 11.7 Å². The molecule has 0 saturated heterocycles. The molecule has 0 fully saturated rings. The number of amides is 2. The van der Waals surface area contributed by atoms with Gasteiger partial charge in [-0.1, -0.05) is 34.8 Å². The molecule has 0 radical (unpaired) electrons. The lowest BCUT2D eigenvalue weighted by Gasteiger charge is -2.27. The number of nitrogens with zero attached hydrogens (tertiary/aromatic N) is 5. The normalized spacial score (nSPS) is 16.8. The van der Waals surface area contributed by atoms with Gasteiger partial charge in [-0.05, 0) is 51.1 Å². The van der Waals surface area contributed by atoms with E-state index in [0.29, 0.717) is 17.8 Å². The fourth-order valence-corrected chi connectivity index (χ4v) is 5.86. The lowest BCUT2D eigenvalue weighted by atomic mass is 9.79. The van der Waals surface area contributed by atoms with Crippen LogP contribution in [0.4, 0.5) is 17.1 Å². The summed E-state index contributed by atoms with van der Waals surface area (Å²) in [7, 11) is 5.63. The van der Waals surface area contributed by atoms with E-state index in [1.807, 2.05) is 51.1 Å². The van der Waals surface area contributed by atoms with E-state index in [4.69, 9.17) is 34.8 Å². The van der Waals surface area contributed by atoms with Crippen LogP contribution in [0, 0.1) is 0 Å². The zero-order valence-electron chi connectivity index (χ0n) is 24.8. The molecule has 2 aliphatic rings. The Balaban J connectivity index is 1.73. The molecule has 10 nitrogen and oxygen atoms in total. The zero-order chi connectivity index (χ0) is 31.7. The minimum atomic E-state index is -0.673.